The average Bonchev–Trinajstić information content (AvgIpc) is 2.59. The Kier molecular flexibility index (Phi) is 4.26. The first-order valence-electron chi connectivity index (χ1n) is 7.75. The smallest absolute Gasteiger partial charge is 0.314 e. The summed E-state index contributed by atoms with van der Waals surface area (Å²) in [6, 6.07) is 13.0. The molecule has 0 aromatic heterocycles. The molecule has 3 rings (SSSR count). The van der Waals surface area contributed by atoms with Gasteiger partial charge in [-0.15, -0.1) is 0 Å². The van der Waals surface area contributed by atoms with E-state index in [0.29, 0.717) is 22.5 Å². The third-order valence-electron chi connectivity index (χ3n) is 4.51. The quantitative estimate of drug-likeness (QED) is 0.749. The number of rotatable bonds is 4. The number of carboxylic acid groups (broad SMARTS) is 1. The highest BCUT2D eigenvalue weighted by Gasteiger charge is 2.51. The number of hydrogen-bond donors (Lipinski definition) is 3. The number of benzene rings is 2. The summed E-state index contributed by atoms with van der Waals surface area (Å²) in [4.78, 5) is 27.1. The number of anilines is 1. The van der Waals surface area contributed by atoms with Crippen molar-refractivity contribution in [1.29, 1.82) is 0 Å². The van der Waals surface area contributed by atoms with Crippen molar-refractivity contribution in [2.75, 3.05) is 5.32 Å². The van der Waals surface area contributed by atoms with E-state index in [9.17, 15) is 19.8 Å². The number of carboxylic acids is 1. The van der Waals surface area contributed by atoms with Gasteiger partial charge in [-0.1, -0.05) is 30.3 Å². The maximum atomic E-state index is 12.2. The van der Waals surface area contributed by atoms with Gasteiger partial charge in [-0.05, 0) is 36.6 Å². The van der Waals surface area contributed by atoms with E-state index < -0.39 is 17.5 Å². The summed E-state index contributed by atoms with van der Waals surface area (Å²) in [5, 5.41) is 21.7. The number of nitrogens with zero attached hydrogens (tertiary/aromatic N) is 1. The molecule has 2 aromatic carbocycles. The molecule has 1 fully saturated rings. The van der Waals surface area contributed by atoms with Crippen molar-refractivity contribution in [3.63, 3.8) is 0 Å². The third kappa shape index (κ3) is 3.10. The van der Waals surface area contributed by atoms with E-state index in [-0.39, 0.29) is 18.7 Å². The van der Waals surface area contributed by atoms with E-state index in [1.54, 1.807) is 42.5 Å². The molecule has 2 aromatic rings. The Morgan fingerprint density at radius 2 is 1.84 bits per heavy atom. The van der Waals surface area contributed by atoms with Gasteiger partial charge in [-0.2, -0.15) is 0 Å². The fourth-order valence-corrected chi connectivity index (χ4v) is 3.07. The highest BCUT2D eigenvalue weighted by molar-refractivity contribution is 6.04. The number of nitrogens with one attached hydrogen (secondary N) is 1. The number of aliphatic carboxylic acids is 1. The Morgan fingerprint density at radius 3 is 2.40 bits per heavy atom. The molecule has 6 nitrogen and oxygen atoms in total. The van der Waals surface area contributed by atoms with Crippen molar-refractivity contribution in [1.82, 2.24) is 0 Å². The van der Waals surface area contributed by atoms with Crippen LogP contribution < -0.4 is 5.32 Å². The standard InChI is InChI=1S/C19H16N2O4/c1-20-15-4-2-3-12(9-15)17(23)21-14-7-5-13(6-8-14)19(18(24)25)10-16(22)11-19/h2-9,16,22H,10-11H2,(H,21,23)(H,24,25). The fourth-order valence-electron chi connectivity index (χ4n) is 3.07. The maximum Gasteiger partial charge on any atom is 0.314 e. The molecule has 3 N–H and O–H groups in total. The lowest BCUT2D eigenvalue weighted by atomic mass is 9.63. The Balaban J connectivity index is 1.76. The van der Waals surface area contributed by atoms with E-state index in [1.165, 1.54) is 6.07 Å². The lowest BCUT2D eigenvalue weighted by Gasteiger charge is -2.42. The number of aliphatic hydroxyl groups excluding tert-OH is 1. The number of aliphatic hydroxyl groups is 1. The fraction of sp³-hybridized carbons (Fsp3) is 0.211. The van der Waals surface area contributed by atoms with Crippen LogP contribution in [0.4, 0.5) is 11.4 Å². The molecule has 0 atom stereocenters. The van der Waals surface area contributed by atoms with Gasteiger partial charge in [0.1, 0.15) is 0 Å². The first kappa shape index (κ1) is 16.7. The molecule has 0 bridgehead atoms. The minimum absolute atomic E-state index is 0.192. The largest absolute Gasteiger partial charge is 0.481 e. The predicted octanol–water partition coefficient (Wildman–Crippen LogP) is 2.97. The molecule has 0 spiro atoms. The van der Waals surface area contributed by atoms with Crippen molar-refractivity contribution in [2.24, 2.45) is 0 Å². The van der Waals surface area contributed by atoms with Crippen LogP contribution in [-0.2, 0) is 10.2 Å². The molecule has 126 valence electrons. The van der Waals surface area contributed by atoms with Gasteiger partial charge in [-0.25, -0.2) is 4.85 Å². The summed E-state index contributed by atoms with van der Waals surface area (Å²) < 4.78 is 0. The number of carbonyl (C=O) groups is 2. The second kappa shape index (κ2) is 6.38. The molecule has 1 saturated carbocycles. The summed E-state index contributed by atoms with van der Waals surface area (Å²) in [6.07, 6.45) is -0.209. The van der Waals surface area contributed by atoms with Crippen molar-refractivity contribution >= 4 is 23.3 Å². The van der Waals surface area contributed by atoms with Crippen LogP contribution in [0.2, 0.25) is 0 Å². The molecule has 25 heavy (non-hydrogen) atoms. The van der Waals surface area contributed by atoms with Gasteiger partial charge in [0.2, 0.25) is 0 Å². The number of amides is 1. The molecular weight excluding hydrogens is 320 g/mol. The highest BCUT2D eigenvalue weighted by atomic mass is 16.4. The molecule has 0 saturated heterocycles. The zero-order valence-electron chi connectivity index (χ0n) is 13.3. The normalized spacial score (nSPS) is 21.7. The Bertz CT molecular complexity index is 862. The van der Waals surface area contributed by atoms with Crippen molar-refractivity contribution in [3.8, 4) is 0 Å². The number of carbonyl (C=O) groups excluding carboxylic acids is 1. The third-order valence-corrected chi connectivity index (χ3v) is 4.51. The number of hydrogen-bond acceptors (Lipinski definition) is 3. The van der Waals surface area contributed by atoms with Crippen LogP contribution >= 0.6 is 0 Å². The average molecular weight is 336 g/mol. The minimum Gasteiger partial charge on any atom is -0.481 e. The SMILES string of the molecule is [C-]#[N+]c1cccc(C(=O)Nc2ccc(C3(C(=O)O)CC(O)C3)cc2)c1. The summed E-state index contributed by atoms with van der Waals surface area (Å²) in [7, 11) is 0. The van der Waals surface area contributed by atoms with E-state index >= 15 is 0 Å². The molecular formula is C19H16N2O4. The van der Waals surface area contributed by atoms with E-state index in [1.807, 2.05) is 0 Å². The highest BCUT2D eigenvalue weighted by Crippen LogP contribution is 2.44. The lowest BCUT2D eigenvalue weighted by Crippen LogP contribution is -2.50. The van der Waals surface area contributed by atoms with Crippen LogP contribution in [0.25, 0.3) is 4.85 Å². The molecule has 0 unspecified atom stereocenters. The Morgan fingerprint density at radius 1 is 1.16 bits per heavy atom. The van der Waals surface area contributed by atoms with Gasteiger partial charge >= 0.3 is 5.97 Å². The van der Waals surface area contributed by atoms with Crippen molar-refractivity contribution < 1.29 is 19.8 Å². The minimum atomic E-state index is -1.05. The van der Waals surface area contributed by atoms with Crippen molar-refractivity contribution in [2.45, 2.75) is 24.4 Å². The second-order valence-corrected chi connectivity index (χ2v) is 6.14. The van der Waals surface area contributed by atoms with Crippen LogP contribution in [0, 0.1) is 6.57 Å². The van der Waals surface area contributed by atoms with Gasteiger partial charge < -0.3 is 15.5 Å². The molecule has 0 radical (unpaired) electrons. The Hall–Kier alpha value is -3.17. The predicted molar refractivity (Wildman–Crippen MR) is 91.7 cm³/mol. The summed E-state index contributed by atoms with van der Waals surface area (Å²) in [6.45, 7) is 6.98. The Labute approximate surface area is 144 Å². The molecule has 1 aliphatic carbocycles. The summed E-state index contributed by atoms with van der Waals surface area (Å²) in [5.74, 6) is -1.30. The van der Waals surface area contributed by atoms with E-state index in [4.69, 9.17) is 6.57 Å². The van der Waals surface area contributed by atoms with Crippen LogP contribution in [0.3, 0.4) is 0 Å². The molecule has 0 heterocycles. The first-order chi connectivity index (χ1) is 11.9. The summed E-state index contributed by atoms with van der Waals surface area (Å²) >= 11 is 0. The lowest BCUT2D eigenvalue weighted by molar-refractivity contribution is -0.152. The van der Waals surface area contributed by atoms with Crippen LogP contribution in [0.1, 0.15) is 28.8 Å². The molecule has 1 amide bonds. The van der Waals surface area contributed by atoms with Crippen molar-refractivity contribution in [3.05, 3.63) is 71.1 Å². The maximum absolute atomic E-state index is 12.2. The van der Waals surface area contributed by atoms with Gasteiger partial charge in [0.15, 0.2) is 5.69 Å². The van der Waals surface area contributed by atoms with Crippen LogP contribution in [-0.4, -0.2) is 28.2 Å². The van der Waals surface area contributed by atoms with Crippen LogP contribution in [0.5, 0.6) is 0 Å². The van der Waals surface area contributed by atoms with Gasteiger partial charge in [0.05, 0.1) is 18.1 Å². The van der Waals surface area contributed by atoms with Gasteiger partial charge in [0, 0.05) is 11.3 Å². The van der Waals surface area contributed by atoms with Crippen LogP contribution in [0.15, 0.2) is 48.5 Å². The van der Waals surface area contributed by atoms with Gasteiger partial charge in [0.25, 0.3) is 5.91 Å². The zero-order valence-corrected chi connectivity index (χ0v) is 13.3. The molecule has 6 heteroatoms. The van der Waals surface area contributed by atoms with E-state index in [2.05, 4.69) is 10.2 Å². The monoisotopic (exact) mass is 336 g/mol. The summed E-state index contributed by atoms with van der Waals surface area (Å²) in [5.41, 5.74) is 0.851. The molecule has 1 aliphatic rings. The van der Waals surface area contributed by atoms with E-state index in [0.717, 1.165) is 0 Å². The van der Waals surface area contributed by atoms with Gasteiger partial charge in [-0.3, -0.25) is 9.59 Å². The second-order valence-electron chi connectivity index (χ2n) is 6.14. The molecule has 0 aliphatic heterocycles. The zero-order chi connectivity index (χ0) is 18.0. The first-order valence-corrected chi connectivity index (χ1v) is 7.75. The topological polar surface area (TPSA) is 91.0 Å².